The molecule has 48 heavy (non-hydrogen) atoms. The number of amides is 1. The van der Waals surface area contributed by atoms with Crippen LogP contribution in [-0.4, -0.2) is 56.7 Å². The van der Waals surface area contributed by atoms with E-state index in [0.717, 1.165) is 10.6 Å². The Morgan fingerprint density at radius 3 is 2.27 bits per heavy atom. The summed E-state index contributed by atoms with van der Waals surface area (Å²) in [6.45, 7) is 11.1. The highest BCUT2D eigenvalue weighted by molar-refractivity contribution is 5.82. The fourth-order valence-corrected chi connectivity index (χ4v) is 6.38. The van der Waals surface area contributed by atoms with Crippen molar-refractivity contribution in [3.05, 3.63) is 86.3 Å². The highest BCUT2D eigenvalue weighted by atomic mass is 19.4. The number of hydrogen-bond donors (Lipinski definition) is 2. The largest absolute Gasteiger partial charge is 0.481 e. The number of rotatable bonds is 12. The lowest BCUT2D eigenvalue weighted by atomic mass is 9.90. The Balaban J connectivity index is 1.76. The summed E-state index contributed by atoms with van der Waals surface area (Å²) < 4.78 is 73.5. The van der Waals surface area contributed by atoms with E-state index in [-0.39, 0.29) is 31.0 Å². The fraction of sp³-hybridized carbons (Fsp3) is 0.486. The Kier molecular flexibility index (Phi) is 10.8. The molecule has 0 saturated carbocycles. The molecule has 2 unspecified atom stereocenters. The molecule has 0 bridgehead atoms. The van der Waals surface area contributed by atoms with Gasteiger partial charge in [-0.3, -0.25) is 19.1 Å². The van der Waals surface area contributed by atoms with E-state index >= 15 is 4.39 Å². The second-order valence-electron chi connectivity index (χ2n) is 13.4. The Labute approximate surface area is 276 Å². The van der Waals surface area contributed by atoms with Crippen molar-refractivity contribution in [2.75, 3.05) is 19.6 Å². The first kappa shape index (κ1) is 36.7. The lowest BCUT2D eigenvalue weighted by Crippen LogP contribution is -2.57. The SMILES string of the molecule is Cc1cccc(C)c1-c1cc(C(CC(=O)O)NC(=O)C(CC(C)C)n2cc(CCN3CC(C)(F)C3)c(C)nc2=O)c(F)c(C(F)(F)F)c1. The van der Waals surface area contributed by atoms with Crippen LogP contribution in [-0.2, 0) is 22.2 Å². The maximum Gasteiger partial charge on any atom is 0.419 e. The average molecular weight is 677 g/mol. The third-order valence-corrected chi connectivity index (χ3v) is 8.63. The van der Waals surface area contributed by atoms with Crippen molar-refractivity contribution in [1.82, 2.24) is 19.8 Å². The number of carbonyl (C=O) groups is 2. The normalized spacial score (nSPS) is 16.0. The highest BCUT2D eigenvalue weighted by Gasteiger charge is 2.39. The second-order valence-corrected chi connectivity index (χ2v) is 13.4. The standard InChI is InChI=1S/C35H41F5N4O4/c1-19(2)12-28(44-16-23(22(5)41-33(44)48)10-11-43-17-34(6,37)18-43)32(47)42-27(15-29(45)46)25-13-24(14-26(31(25)36)35(38,39)40)30-20(3)8-7-9-21(30)4/h7-9,13-14,16,19,27-28H,10-12,15,17-18H2,1-6H3,(H,42,47)(H,45,46). The van der Waals surface area contributed by atoms with Crippen LogP contribution >= 0.6 is 0 Å². The molecule has 2 atom stereocenters. The van der Waals surface area contributed by atoms with Gasteiger partial charge in [-0.1, -0.05) is 32.0 Å². The maximum absolute atomic E-state index is 15.8. The first-order valence-corrected chi connectivity index (χ1v) is 15.8. The van der Waals surface area contributed by atoms with Crippen molar-refractivity contribution in [2.24, 2.45) is 5.92 Å². The molecule has 0 aliphatic carbocycles. The number of alkyl halides is 4. The van der Waals surface area contributed by atoms with E-state index in [0.29, 0.717) is 47.0 Å². The minimum atomic E-state index is -5.13. The van der Waals surface area contributed by atoms with Gasteiger partial charge in [0.25, 0.3) is 0 Å². The lowest BCUT2D eigenvalue weighted by Gasteiger charge is -2.42. The molecule has 13 heteroatoms. The van der Waals surface area contributed by atoms with Crippen LogP contribution in [0.5, 0.6) is 0 Å². The third kappa shape index (κ3) is 8.47. The molecule has 1 saturated heterocycles. The van der Waals surface area contributed by atoms with Gasteiger partial charge >= 0.3 is 17.8 Å². The molecule has 8 nitrogen and oxygen atoms in total. The number of aromatic nitrogens is 2. The van der Waals surface area contributed by atoms with Crippen LogP contribution in [0, 0.1) is 32.5 Å². The van der Waals surface area contributed by atoms with Crippen molar-refractivity contribution < 1.29 is 36.6 Å². The number of nitrogens with one attached hydrogen (secondary N) is 1. The summed E-state index contributed by atoms with van der Waals surface area (Å²) in [5.74, 6) is -4.23. The van der Waals surface area contributed by atoms with Crippen molar-refractivity contribution in [3.63, 3.8) is 0 Å². The summed E-state index contributed by atoms with van der Waals surface area (Å²) in [5, 5.41) is 12.2. The maximum atomic E-state index is 15.8. The monoisotopic (exact) mass is 676 g/mol. The fourth-order valence-electron chi connectivity index (χ4n) is 6.38. The van der Waals surface area contributed by atoms with E-state index in [2.05, 4.69) is 10.3 Å². The van der Waals surface area contributed by atoms with Crippen LogP contribution in [0.1, 0.15) is 79.2 Å². The van der Waals surface area contributed by atoms with Gasteiger partial charge in [0.15, 0.2) is 0 Å². The second kappa shape index (κ2) is 14.2. The molecule has 0 radical (unpaired) electrons. The molecule has 1 amide bonds. The smallest absolute Gasteiger partial charge is 0.419 e. The Morgan fingerprint density at radius 1 is 1.10 bits per heavy atom. The minimum absolute atomic E-state index is 0.0107. The van der Waals surface area contributed by atoms with E-state index in [1.807, 2.05) is 4.90 Å². The van der Waals surface area contributed by atoms with E-state index in [1.54, 1.807) is 52.8 Å². The summed E-state index contributed by atoms with van der Waals surface area (Å²) in [6, 6.07) is 3.97. The molecule has 260 valence electrons. The molecule has 2 aromatic carbocycles. The number of aryl methyl sites for hydroxylation is 3. The van der Waals surface area contributed by atoms with Crippen LogP contribution in [0.3, 0.4) is 0 Å². The summed E-state index contributed by atoms with van der Waals surface area (Å²) in [7, 11) is 0. The molecular weight excluding hydrogens is 635 g/mol. The molecular formula is C35H41F5N4O4. The lowest BCUT2D eigenvalue weighted by molar-refractivity contribution is -0.140. The number of hydrogen-bond acceptors (Lipinski definition) is 5. The molecule has 1 aliphatic heterocycles. The van der Waals surface area contributed by atoms with Crippen LogP contribution in [0.15, 0.2) is 41.3 Å². The third-order valence-electron chi connectivity index (χ3n) is 8.63. The van der Waals surface area contributed by atoms with Gasteiger partial charge in [0, 0.05) is 37.1 Å². The van der Waals surface area contributed by atoms with E-state index in [4.69, 9.17) is 0 Å². The zero-order valence-electron chi connectivity index (χ0n) is 27.8. The van der Waals surface area contributed by atoms with Gasteiger partial charge in [0.1, 0.15) is 17.5 Å². The topological polar surface area (TPSA) is 105 Å². The quantitative estimate of drug-likeness (QED) is 0.213. The van der Waals surface area contributed by atoms with Gasteiger partial charge in [-0.15, -0.1) is 0 Å². The van der Waals surface area contributed by atoms with Gasteiger partial charge in [-0.25, -0.2) is 13.6 Å². The average Bonchev–Trinajstić information content (AvgIpc) is 2.93. The van der Waals surface area contributed by atoms with E-state index < -0.39 is 64.9 Å². The Bertz CT molecular complexity index is 1720. The van der Waals surface area contributed by atoms with Crippen LogP contribution in [0.4, 0.5) is 22.0 Å². The molecule has 2 heterocycles. The summed E-state index contributed by atoms with van der Waals surface area (Å²) in [5.41, 5.74) is -1.54. The number of nitrogens with zero attached hydrogens (tertiary/aromatic N) is 3. The van der Waals surface area contributed by atoms with Crippen molar-refractivity contribution in [3.8, 4) is 11.1 Å². The van der Waals surface area contributed by atoms with Gasteiger partial charge in [-0.05, 0) is 86.4 Å². The number of aliphatic carboxylic acids is 1. The van der Waals surface area contributed by atoms with E-state index in [9.17, 15) is 37.1 Å². The molecule has 0 spiro atoms. The van der Waals surface area contributed by atoms with Gasteiger partial charge in [0.2, 0.25) is 5.91 Å². The van der Waals surface area contributed by atoms with E-state index in [1.165, 1.54) is 13.1 Å². The molecule has 1 aromatic heterocycles. The van der Waals surface area contributed by atoms with Crippen molar-refractivity contribution >= 4 is 11.9 Å². The zero-order chi connectivity index (χ0) is 35.7. The molecule has 1 aliphatic rings. The number of halogens is 5. The van der Waals surface area contributed by atoms with Gasteiger partial charge in [-0.2, -0.15) is 18.2 Å². The predicted molar refractivity (Wildman–Crippen MR) is 171 cm³/mol. The van der Waals surface area contributed by atoms with Crippen LogP contribution < -0.4 is 11.0 Å². The Hall–Kier alpha value is -4.13. The van der Waals surface area contributed by atoms with Crippen molar-refractivity contribution in [2.45, 2.75) is 84.7 Å². The number of benzene rings is 2. The van der Waals surface area contributed by atoms with Crippen LogP contribution in [0.2, 0.25) is 0 Å². The van der Waals surface area contributed by atoms with Crippen molar-refractivity contribution in [1.29, 1.82) is 0 Å². The number of carboxylic acids is 1. The highest BCUT2D eigenvalue weighted by Crippen LogP contribution is 2.40. The molecule has 2 N–H and O–H groups in total. The van der Waals surface area contributed by atoms with Gasteiger partial charge < -0.3 is 10.4 Å². The molecule has 1 fully saturated rings. The zero-order valence-corrected chi connectivity index (χ0v) is 27.8. The molecule has 3 aromatic rings. The number of likely N-dealkylation sites (tertiary alicyclic amines) is 1. The summed E-state index contributed by atoms with van der Waals surface area (Å²) >= 11 is 0. The molecule has 4 rings (SSSR count). The van der Waals surface area contributed by atoms with Crippen LogP contribution in [0.25, 0.3) is 11.1 Å². The Morgan fingerprint density at radius 2 is 1.73 bits per heavy atom. The first-order valence-electron chi connectivity index (χ1n) is 15.8. The number of carbonyl (C=O) groups excluding carboxylic acids is 1. The van der Waals surface area contributed by atoms with Gasteiger partial charge in [0.05, 0.1) is 18.0 Å². The minimum Gasteiger partial charge on any atom is -0.481 e. The number of carboxylic acid groups (broad SMARTS) is 1. The summed E-state index contributed by atoms with van der Waals surface area (Å²) in [6.07, 6.45) is -4.08. The predicted octanol–water partition coefficient (Wildman–Crippen LogP) is 6.50. The first-order chi connectivity index (χ1) is 22.3. The summed E-state index contributed by atoms with van der Waals surface area (Å²) in [4.78, 5) is 45.1.